The average Bonchev–Trinajstić information content (AvgIpc) is 2.83. The standard InChI is InChI=1S/C26H27N3O4/c1-17(2)23(26(32)27-19-13-15-20(33-3)16-14-19)29-25(31)21-11-7-8-12-22(21)28-24(30)18-9-5-4-6-10-18/h4-17,23H,1-3H3,(H,27,32)(H,28,30)(H,29,31). The SMILES string of the molecule is COc1ccc(NC(=O)C(NC(=O)c2ccccc2NC(=O)c2ccccc2)C(C)C)cc1. The number of nitrogens with one attached hydrogen (secondary N) is 3. The highest BCUT2D eigenvalue weighted by Crippen LogP contribution is 2.19. The lowest BCUT2D eigenvalue weighted by atomic mass is 10.0. The lowest BCUT2D eigenvalue weighted by Crippen LogP contribution is -2.47. The summed E-state index contributed by atoms with van der Waals surface area (Å²) >= 11 is 0. The topological polar surface area (TPSA) is 96.5 Å². The van der Waals surface area contributed by atoms with Gasteiger partial charge in [-0.1, -0.05) is 44.2 Å². The Balaban J connectivity index is 1.73. The maximum atomic E-state index is 13.1. The molecule has 170 valence electrons. The monoisotopic (exact) mass is 445 g/mol. The van der Waals surface area contributed by atoms with E-state index in [0.717, 1.165) is 0 Å². The smallest absolute Gasteiger partial charge is 0.255 e. The van der Waals surface area contributed by atoms with E-state index in [2.05, 4.69) is 16.0 Å². The maximum absolute atomic E-state index is 13.1. The summed E-state index contributed by atoms with van der Waals surface area (Å²) in [5.41, 5.74) is 1.70. The van der Waals surface area contributed by atoms with Gasteiger partial charge in [0.2, 0.25) is 5.91 Å². The molecule has 33 heavy (non-hydrogen) atoms. The molecular weight excluding hydrogens is 418 g/mol. The van der Waals surface area contributed by atoms with Crippen LogP contribution in [0.25, 0.3) is 0 Å². The fourth-order valence-corrected chi connectivity index (χ4v) is 3.22. The molecule has 0 saturated carbocycles. The molecule has 0 saturated heterocycles. The van der Waals surface area contributed by atoms with Crippen molar-refractivity contribution in [2.24, 2.45) is 5.92 Å². The Morgan fingerprint density at radius 1 is 0.758 bits per heavy atom. The Morgan fingerprint density at radius 2 is 1.39 bits per heavy atom. The molecule has 0 bridgehead atoms. The van der Waals surface area contributed by atoms with Crippen LogP contribution in [0.5, 0.6) is 5.75 Å². The summed E-state index contributed by atoms with van der Waals surface area (Å²) in [5, 5.41) is 8.40. The summed E-state index contributed by atoms with van der Waals surface area (Å²) in [6, 6.07) is 21.6. The van der Waals surface area contributed by atoms with Crippen molar-refractivity contribution in [3.8, 4) is 5.75 Å². The van der Waals surface area contributed by atoms with Crippen molar-refractivity contribution in [1.82, 2.24) is 5.32 Å². The highest BCUT2D eigenvalue weighted by Gasteiger charge is 2.26. The van der Waals surface area contributed by atoms with Gasteiger partial charge in [-0.2, -0.15) is 0 Å². The van der Waals surface area contributed by atoms with Crippen molar-refractivity contribution >= 4 is 29.1 Å². The number of hydrogen-bond donors (Lipinski definition) is 3. The third kappa shape index (κ3) is 6.20. The molecule has 0 aliphatic heterocycles. The predicted octanol–water partition coefficient (Wildman–Crippen LogP) is 4.34. The third-order valence-corrected chi connectivity index (χ3v) is 5.05. The zero-order valence-corrected chi connectivity index (χ0v) is 18.8. The van der Waals surface area contributed by atoms with Gasteiger partial charge in [0.25, 0.3) is 11.8 Å². The van der Waals surface area contributed by atoms with Gasteiger partial charge in [-0.15, -0.1) is 0 Å². The second-order valence-corrected chi connectivity index (χ2v) is 7.78. The van der Waals surface area contributed by atoms with Gasteiger partial charge in [-0.05, 0) is 54.4 Å². The summed E-state index contributed by atoms with van der Waals surface area (Å²) in [7, 11) is 1.57. The van der Waals surface area contributed by atoms with E-state index in [1.165, 1.54) is 0 Å². The molecule has 3 aromatic carbocycles. The van der Waals surface area contributed by atoms with E-state index in [1.54, 1.807) is 79.9 Å². The van der Waals surface area contributed by atoms with Crippen LogP contribution in [0.4, 0.5) is 11.4 Å². The van der Waals surface area contributed by atoms with Gasteiger partial charge in [0.05, 0.1) is 18.4 Å². The number of hydrogen-bond acceptors (Lipinski definition) is 4. The second kappa shape index (κ2) is 10.9. The lowest BCUT2D eigenvalue weighted by molar-refractivity contribution is -0.118. The molecule has 0 aliphatic rings. The molecule has 0 aromatic heterocycles. The number of ether oxygens (including phenoxy) is 1. The number of para-hydroxylation sites is 1. The van der Waals surface area contributed by atoms with Crippen molar-refractivity contribution in [3.63, 3.8) is 0 Å². The van der Waals surface area contributed by atoms with E-state index in [1.807, 2.05) is 19.9 Å². The first-order chi connectivity index (χ1) is 15.9. The average molecular weight is 446 g/mol. The minimum absolute atomic E-state index is 0.168. The van der Waals surface area contributed by atoms with Gasteiger partial charge in [-0.25, -0.2) is 0 Å². The van der Waals surface area contributed by atoms with Crippen LogP contribution in [-0.4, -0.2) is 30.9 Å². The summed E-state index contributed by atoms with van der Waals surface area (Å²) < 4.78 is 5.13. The second-order valence-electron chi connectivity index (χ2n) is 7.78. The van der Waals surface area contributed by atoms with Crippen LogP contribution in [0.1, 0.15) is 34.6 Å². The number of methoxy groups -OCH3 is 1. The first-order valence-corrected chi connectivity index (χ1v) is 10.6. The molecule has 7 nitrogen and oxygen atoms in total. The predicted molar refractivity (Wildman–Crippen MR) is 129 cm³/mol. The zero-order chi connectivity index (χ0) is 23.8. The van der Waals surface area contributed by atoms with Gasteiger partial charge < -0.3 is 20.7 Å². The van der Waals surface area contributed by atoms with Crippen LogP contribution in [0.2, 0.25) is 0 Å². The molecule has 3 N–H and O–H groups in total. The lowest BCUT2D eigenvalue weighted by Gasteiger charge is -2.22. The van der Waals surface area contributed by atoms with Crippen molar-refractivity contribution in [3.05, 3.63) is 90.0 Å². The zero-order valence-electron chi connectivity index (χ0n) is 18.8. The van der Waals surface area contributed by atoms with Crippen LogP contribution in [-0.2, 0) is 4.79 Å². The first-order valence-electron chi connectivity index (χ1n) is 10.6. The van der Waals surface area contributed by atoms with E-state index < -0.39 is 11.9 Å². The number of benzene rings is 3. The van der Waals surface area contributed by atoms with Gasteiger partial charge in [0.15, 0.2) is 0 Å². The highest BCUT2D eigenvalue weighted by molar-refractivity contribution is 6.10. The number of rotatable bonds is 8. The minimum atomic E-state index is -0.780. The van der Waals surface area contributed by atoms with Crippen molar-refractivity contribution in [1.29, 1.82) is 0 Å². The molecule has 0 aliphatic carbocycles. The summed E-state index contributed by atoms with van der Waals surface area (Å²) in [6.45, 7) is 3.70. The van der Waals surface area contributed by atoms with E-state index in [-0.39, 0.29) is 23.3 Å². The fourth-order valence-electron chi connectivity index (χ4n) is 3.22. The molecule has 1 atom stereocenters. The van der Waals surface area contributed by atoms with Gasteiger partial charge in [-0.3, -0.25) is 14.4 Å². The van der Waals surface area contributed by atoms with Crippen LogP contribution in [0, 0.1) is 5.92 Å². The molecule has 0 spiro atoms. The van der Waals surface area contributed by atoms with Crippen molar-refractivity contribution in [2.45, 2.75) is 19.9 Å². The third-order valence-electron chi connectivity index (χ3n) is 5.05. The minimum Gasteiger partial charge on any atom is -0.497 e. The molecule has 0 radical (unpaired) electrons. The van der Waals surface area contributed by atoms with E-state index >= 15 is 0 Å². The van der Waals surface area contributed by atoms with Gasteiger partial charge >= 0.3 is 0 Å². The van der Waals surface area contributed by atoms with E-state index in [9.17, 15) is 14.4 Å². The van der Waals surface area contributed by atoms with Gasteiger partial charge in [0.1, 0.15) is 11.8 Å². The fraction of sp³-hybridized carbons (Fsp3) is 0.192. The van der Waals surface area contributed by atoms with E-state index in [0.29, 0.717) is 22.7 Å². The normalized spacial score (nSPS) is 11.4. The maximum Gasteiger partial charge on any atom is 0.255 e. The molecule has 7 heteroatoms. The molecular formula is C26H27N3O4. The number of carbonyl (C=O) groups is 3. The van der Waals surface area contributed by atoms with Crippen LogP contribution >= 0.6 is 0 Å². The molecule has 0 fully saturated rings. The van der Waals surface area contributed by atoms with Crippen molar-refractivity contribution < 1.29 is 19.1 Å². The highest BCUT2D eigenvalue weighted by atomic mass is 16.5. The quantitative estimate of drug-likeness (QED) is 0.481. The number of carbonyl (C=O) groups excluding carboxylic acids is 3. The van der Waals surface area contributed by atoms with Crippen LogP contribution in [0.15, 0.2) is 78.9 Å². The summed E-state index contributed by atoms with van der Waals surface area (Å²) in [5.74, 6) is -0.612. The van der Waals surface area contributed by atoms with Crippen molar-refractivity contribution in [2.75, 3.05) is 17.7 Å². The van der Waals surface area contributed by atoms with E-state index in [4.69, 9.17) is 4.74 Å². The Morgan fingerprint density at radius 3 is 2.03 bits per heavy atom. The molecule has 3 aromatic rings. The van der Waals surface area contributed by atoms with Crippen LogP contribution < -0.4 is 20.7 Å². The first kappa shape index (κ1) is 23.5. The molecule has 3 rings (SSSR count). The summed E-state index contributed by atoms with van der Waals surface area (Å²) in [4.78, 5) is 38.5. The Hall–Kier alpha value is -4.13. The van der Waals surface area contributed by atoms with Gasteiger partial charge in [0, 0.05) is 11.3 Å². The summed E-state index contributed by atoms with van der Waals surface area (Å²) in [6.07, 6.45) is 0. The molecule has 3 amide bonds. The Kier molecular flexibility index (Phi) is 7.81. The molecule has 1 unspecified atom stereocenters. The largest absolute Gasteiger partial charge is 0.497 e. The molecule has 0 heterocycles. The Labute approximate surface area is 193 Å². The Bertz CT molecular complexity index is 1110. The van der Waals surface area contributed by atoms with Crippen LogP contribution in [0.3, 0.4) is 0 Å². The number of anilines is 2. The number of amides is 3.